The van der Waals surface area contributed by atoms with Crippen LogP contribution in [0.3, 0.4) is 0 Å². The monoisotopic (exact) mass is 292 g/mol. The second-order valence-electron chi connectivity index (χ2n) is 3.53. The van der Waals surface area contributed by atoms with Gasteiger partial charge in [-0.15, -0.1) is 0 Å². The molecule has 0 bridgehead atoms. The van der Waals surface area contributed by atoms with E-state index in [-0.39, 0.29) is 6.54 Å². The van der Waals surface area contributed by atoms with Crippen molar-refractivity contribution in [1.82, 2.24) is 9.80 Å². The second kappa shape index (κ2) is 4.82. The zero-order chi connectivity index (χ0) is 12.5. The molecule has 2 atom stereocenters. The Kier molecular flexibility index (Phi) is 3.90. The van der Waals surface area contributed by atoms with Crippen LogP contribution in [0.2, 0.25) is 0 Å². The van der Waals surface area contributed by atoms with Crippen molar-refractivity contribution in [2.24, 2.45) is 0 Å². The van der Waals surface area contributed by atoms with Gasteiger partial charge in [0.2, 0.25) is 5.91 Å². The number of alkyl halides is 1. The summed E-state index contributed by atoms with van der Waals surface area (Å²) in [5.74, 6) is -1.02. The van der Waals surface area contributed by atoms with E-state index in [1.54, 1.807) is 6.92 Å². The van der Waals surface area contributed by atoms with Gasteiger partial charge in [-0.3, -0.25) is 4.79 Å². The SMILES string of the molecule is COC(=O)[C@@H]1CN(C)C(=O)N1C(=O)[C@@H](C)Br. The van der Waals surface area contributed by atoms with Crippen molar-refractivity contribution in [1.29, 1.82) is 0 Å². The summed E-state index contributed by atoms with van der Waals surface area (Å²) >= 11 is 3.08. The van der Waals surface area contributed by atoms with Crippen LogP contribution in [0.4, 0.5) is 4.79 Å². The molecule has 0 aromatic rings. The Balaban J connectivity index is 2.96. The van der Waals surface area contributed by atoms with Crippen molar-refractivity contribution in [2.45, 2.75) is 17.8 Å². The van der Waals surface area contributed by atoms with Crippen LogP contribution in [-0.4, -0.2) is 59.3 Å². The van der Waals surface area contributed by atoms with Crippen LogP contribution in [-0.2, 0) is 14.3 Å². The van der Waals surface area contributed by atoms with Crippen LogP contribution < -0.4 is 0 Å². The Labute approximate surface area is 102 Å². The van der Waals surface area contributed by atoms with E-state index in [2.05, 4.69) is 20.7 Å². The van der Waals surface area contributed by atoms with Gasteiger partial charge in [0.05, 0.1) is 18.5 Å². The molecule has 0 spiro atoms. The highest BCUT2D eigenvalue weighted by atomic mass is 79.9. The van der Waals surface area contributed by atoms with Gasteiger partial charge >= 0.3 is 12.0 Å². The number of hydrogen-bond donors (Lipinski definition) is 0. The van der Waals surface area contributed by atoms with Gasteiger partial charge in [0.1, 0.15) is 0 Å². The third-order valence-corrected chi connectivity index (χ3v) is 2.73. The maximum atomic E-state index is 11.8. The summed E-state index contributed by atoms with van der Waals surface area (Å²) in [5, 5.41) is 0. The lowest BCUT2D eigenvalue weighted by Crippen LogP contribution is -2.46. The summed E-state index contributed by atoms with van der Waals surface area (Å²) in [6.07, 6.45) is 0. The first-order valence-electron chi connectivity index (χ1n) is 4.70. The lowest BCUT2D eigenvalue weighted by molar-refractivity contribution is -0.148. The van der Waals surface area contributed by atoms with E-state index in [0.717, 1.165) is 4.90 Å². The lowest BCUT2D eigenvalue weighted by Gasteiger charge is -2.20. The van der Waals surface area contributed by atoms with E-state index in [9.17, 15) is 14.4 Å². The normalized spacial score (nSPS) is 22.2. The molecule has 0 aromatic carbocycles. The highest BCUT2D eigenvalue weighted by molar-refractivity contribution is 9.10. The van der Waals surface area contributed by atoms with Crippen molar-refractivity contribution >= 4 is 33.8 Å². The Morgan fingerprint density at radius 3 is 2.56 bits per heavy atom. The maximum absolute atomic E-state index is 11.8. The number of ether oxygens (including phenoxy) is 1. The number of imide groups is 1. The molecule has 1 saturated heterocycles. The first-order chi connectivity index (χ1) is 7.40. The van der Waals surface area contributed by atoms with Crippen molar-refractivity contribution in [3.63, 3.8) is 0 Å². The molecule has 16 heavy (non-hydrogen) atoms. The molecule has 7 heteroatoms. The average molecular weight is 293 g/mol. The molecule has 0 radical (unpaired) electrons. The van der Waals surface area contributed by atoms with Gasteiger partial charge in [-0.1, -0.05) is 15.9 Å². The van der Waals surface area contributed by atoms with Crippen LogP contribution in [0.25, 0.3) is 0 Å². The van der Waals surface area contributed by atoms with Crippen LogP contribution in [0.15, 0.2) is 0 Å². The number of halogens is 1. The predicted octanol–water partition coefficient (Wildman–Crippen LogP) is 0.205. The number of likely N-dealkylation sites (N-methyl/N-ethyl adjacent to an activating group) is 1. The first kappa shape index (κ1) is 13.0. The number of carbonyl (C=O) groups excluding carboxylic acids is 3. The van der Waals surface area contributed by atoms with E-state index >= 15 is 0 Å². The zero-order valence-electron chi connectivity index (χ0n) is 9.27. The fraction of sp³-hybridized carbons (Fsp3) is 0.667. The summed E-state index contributed by atoms with van der Waals surface area (Å²) in [4.78, 5) is 36.6. The third-order valence-electron chi connectivity index (χ3n) is 2.34. The largest absolute Gasteiger partial charge is 0.467 e. The quantitative estimate of drug-likeness (QED) is 0.539. The van der Waals surface area contributed by atoms with Gasteiger partial charge in [-0.2, -0.15) is 0 Å². The highest BCUT2D eigenvalue weighted by Crippen LogP contribution is 2.18. The molecule has 0 aromatic heterocycles. The fourth-order valence-electron chi connectivity index (χ4n) is 1.49. The molecule has 1 heterocycles. The molecule has 6 nitrogen and oxygen atoms in total. The number of nitrogens with zero attached hydrogens (tertiary/aromatic N) is 2. The van der Waals surface area contributed by atoms with Crippen molar-refractivity contribution < 1.29 is 19.1 Å². The number of rotatable bonds is 2. The Morgan fingerprint density at radius 2 is 2.12 bits per heavy atom. The van der Waals surface area contributed by atoms with Crippen molar-refractivity contribution in [2.75, 3.05) is 20.7 Å². The van der Waals surface area contributed by atoms with Crippen LogP contribution in [0.5, 0.6) is 0 Å². The molecular weight excluding hydrogens is 280 g/mol. The molecule has 3 amide bonds. The average Bonchev–Trinajstić information content (AvgIpc) is 2.53. The van der Waals surface area contributed by atoms with Crippen LogP contribution in [0, 0.1) is 0 Å². The molecule has 0 aliphatic carbocycles. The Morgan fingerprint density at radius 1 is 1.56 bits per heavy atom. The molecule has 1 aliphatic heterocycles. The molecule has 1 aliphatic rings. The summed E-state index contributed by atoms with van der Waals surface area (Å²) in [6, 6.07) is -1.33. The second-order valence-corrected chi connectivity index (χ2v) is 4.90. The van der Waals surface area contributed by atoms with Gasteiger partial charge in [0, 0.05) is 7.05 Å². The van der Waals surface area contributed by atoms with Crippen LogP contribution in [0.1, 0.15) is 6.92 Å². The van der Waals surface area contributed by atoms with E-state index in [1.807, 2.05) is 0 Å². The van der Waals surface area contributed by atoms with Gasteiger partial charge < -0.3 is 9.64 Å². The molecule has 90 valence electrons. The van der Waals surface area contributed by atoms with Gasteiger partial charge in [0.15, 0.2) is 6.04 Å². The predicted molar refractivity (Wildman–Crippen MR) is 59.1 cm³/mol. The Bertz CT molecular complexity index is 331. The number of esters is 1. The molecule has 1 fully saturated rings. The van der Waals surface area contributed by atoms with E-state index in [4.69, 9.17) is 0 Å². The van der Waals surface area contributed by atoms with E-state index in [0.29, 0.717) is 0 Å². The maximum Gasteiger partial charge on any atom is 0.331 e. The third kappa shape index (κ3) is 2.18. The highest BCUT2D eigenvalue weighted by Gasteiger charge is 2.45. The molecule has 0 unspecified atom stereocenters. The lowest BCUT2D eigenvalue weighted by atomic mass is 10.2. The minimum Gasteiger partial charge on any atom is -0.467 e. The Hall–Kier alpha value is -1.11. The first-order valence-corrected chi connectivity index (χ1v) is 5.61. The minimum atomic E-state index is -0.852. The number of methoxy groups -OCH3 is 1. The van der Waals surface area contributed by atoms with Crippen molar-refractivity contribution in [3.05, 3.63) is 0 Å². The van der Waals surface area contributed by atoms with Crippen molar-refractivity contribution in [3.8, 4) is 0 Å². The molecule has 1 rings (SSSR count). The van der Waals surface area contributed by atoms with E-state index in [1.165, 1.54) is 19.1 Å². The minimum absolute atomic E-state index is 0.164. The van der Waals surface area contributed by atoms with Gasteiger partial charge in [0.25, 0.3) is 0 Å². The summed E-state index contributed by atoms with van der Waals surface area (Å²) in [7, 11) is 2.76. The summed E-state index contributed by atoms with van der Waals surface area (Å²) < 4.78 is 4.56. The topological polar surface area (TPSA) is 66.9 Å². The smallest absolute Gasteiger partial charge is 0.331 e. The molecule has 0 N–H and O–H groups in total. The fourth-order valence-corrected chi connectivity index (χ4v) is 1.71. The number of hydrogen-bond acceptors (Lipinski definition) is 4. The number of carbonyl (C=O) groups is 3. The number of amides is 3. The molecular formula is C9H13BrN2O4. The van der Waals surface area contributed by atoms with Gasteiger partial charge in [-0.25, -0.2) is 14.5 Å². The van der Waals surface area contributed by atoms with Gasteiger partial charge in [-0.05, 0) is 6.92 Å². The molecule has 0 saturated carbocycles. The zero-order valence-corrected chi connectivity index (χ0v) is 10.9. The standard InChI is InChI=1S/C9H13BrN2O4/c1-5(10)7(13)12-6(8(14)16-3)4-11(2)9(12)15/h5-6H,4H2,1-3H3/t5-,6+/m1/s1. The summed E-state index contributed by atoms with van der Waals surface area (Å²) in [6.45, 7) is 1.76. The van der Waals surface area contributed by atoms with E-state index < -0.39 is 28.8 Å². The van der Waals surface area contributed by atoms with Crippen LogP contribution >= 0.6 is 15.9 Å². The number of urea groups is 1. The summed E-state index contributed by atoms with van der Waals surface area (Å²) in [5.41, 5.74) is 0.